The summed E-state index contributed by atoms with van der Waals surface area (Å²) in [7, 11) is 1.64. The third-order valence-corrected chi connectivity index (χ3v) is 2.95. The van der Waals surface area contributed by atoms with Gasteiger partial charge in [0, 0.05) is 11.4 Å². The van der Waals surface area contributed by atoms with Crippen LogP contribution in [0.25, 0.3) is 0 Å². The third kappa shape index (κ3) is 2.87. The molecule has 0 spiro atoms. The highest BCUT2D eigenvalue weighted by atomic mass is 35.5. The van der Waals surface area contributed by atoms with Gasteiger partial charge < -0.3 is 4.74 Å². The second-order valence-corrected chi connectivity index (χ2v) is 4.05. The summed E-state index contributed by atoms with van der Waals surface area (Å²) in [5.74, 6) is 0.831. The number of ether oxygens (including phenoxy) is 1. The van der Waals surface area contributed by atoms with Gasteiger partial charge in [-0.3, -0.25) is 8.75 Å². The van der Waals surface area contributed by atoms with Gasteiger partial charge >= 0.3 is 0 Å². The zero-order valence-corrected chi connectivity index (χ0v) is 10.4. The molecule has 86 valence electrons. The summed E-state index contributed by atoms with van der Waals surface area (Å²) in [6.45, 7) is 0.625. The summed E-state index contributed by atoms with van der Waals surface area (Å²) in [5, 5.41) is 1.80. The number of methoxy groups -OCH3 is 1. The minimum Gasteiger partial charge on any atom is -0.497 e. The summed E-state index contributed by atoms with van der Waals surface area (Å²) in [5.41, 5.74) is 1.15. The molecule has 16 heavy (non-hydrogen) atoms. The van der Waals surface area contributed by atoms with Crippen molar-refractivity contribution in [3.63, 3.8) is 0 Å². The first kappa shape index (κ1) is 12.8. The van der Waals surface area contributed by atoms with Crippen molar-refractivity contribution in [1.29, 1.82) is 0 Å². The molecule has 5 heteroatoms. The lowest BCUT2D eigenvalue weighted by atomic mass is 10.2. The molecule has 0 aliphatic rings. The minimum absolute atomic E-state index is 0. The van der Waals surface area contributed by atoms with Crippen LogP contribution in [0.1, 0.15) is 5.56 Å². The van der Waals surface area contributed by atoms with Crippen molar-refractivity contribution in [1.82, 2.24) is 3.96 Å². The average molecular weight is 258 g/mol. The first-order chi connectivity index (χ1) is 7.29. The van der Waals surface area contributed by atoms with Crippen LogP contribution in [0.15, 0.2) is 40.5 Å². The second-order valence-electron chi connectivity index (χ2n) is 3.13. The number of aromatic nitrogens is 1. The van der Waals surface area contributed by atoms with Crippen LogP contribution in [-0.2, 0) is 6.54 Å². The molecule has 0 saturated carbocycles. The molecule has 0 atom stereocenters. The van der Waals surface area contributed by atoms with E-state index in [1.54, 1.807) is 22.5 Å². The molecule has 0 N–H and O–H groups in total. The molecule has 2 aromatic rings. The Hall–Kier alpha value is -1.26. The van der Waals surface area contributed by atoms with Crippen molar-refractivity contribution in [2.45, 2.75) is 6.54 Å². The van der Waals surface area contributed by atoms with Gasteiger partial charge in [0.1, 0.15) is 5.75 Å². The normalized spacial score (nSPS) is 9.56. The maximum Gasteiger partial charge on any atom is 0.260 e. The molecule has 0 bridgehead atoms. The molecule has 0 unspecified atom stereocenters. The highest BCUT2D eigenvalue weighted by molar-refractivity contribution is 7.04. The number of benzene rings is 1. The summed E-state index contributed by atoms with van der Waals surface area (Å²) in [4.78, 5) is 11.3. The summed E-state index contributed by atoms with van der Waals surface area (Å²) in [6, 6.07) is 9.30. The Morgan fingerprint density at radius 3 is 2.44 bits per heavy atom. The number of hydrogen-bond acceptors (Lipinski definition) is 3. The molecular formula is C11H12ClNO2S. The average Bonchev–Trinajstić information content (AvgIpc) is 2.66. The maximum absolute atomic E-state index is 11.3. The van der Waals surface area contributed by atoms with E-state index in [9.17, 15) is 4.79 Å². The van der Waals surface area contributed by atoms with E-state index in [4.69, 9.17) is 4.74 Å². The Kier molecular flexibility index (Phi) is 4.58. The van der Waals surface area contributed by atoms with Crippen molar-refractivity contribution >= 4 is 23.9 Å². The van der Waals surface area contributed by atoms with Crippen molar-refractivity contribution in [3.8, 4) is 5.75 Å². The molecule has 1 aromatic heterocycles. The Morgan fingerprint density at radius 1 is 1.25 bits per heavy atom. The monoisotopic (exact) mass is 257 g/mol. The summed E-state index contributed by atoms with van der Waals surface area (Å²) in [6.07, 6.45) is 0. The first-order valence-electron chi connectivity index (χ1n) is 4.57. The third-order valence-electron chi connectivity index (χ3n) is 2.13. The van der Waals surface area contributed by atoms with Gasteiger partial charge in [0.15, 0.2) is 0 Å². The zero-order chi connectivity index (χ0) is 10.7. The topological polar surface area (TPSA) is 31.2 Å². The van der Waals surface area contributed by atoms with E-state index >= 15 is 0 Å². The number of hydrogen-bond donors (Lipinski definition) is 0. The highest BCUT2D eigenvalue weighted by Gasteiger charge is 1.99. The smallest absolute Gasteiger partial charge is 0.260 e. The predicted octanol–water partition coefficient (Wildman–Crippen LogP) is 2.39. The zero-order valence-electron chi connectivity index (χ0n) is 8.75. The largest absolute Gasteiger partial charge is 0.497 e. The Balaban J connectivity index is 0.00000128. The Labute approximate surface area is 104 Å². The van der Waals surface area contributed by atoms with E-state index in [-0.39, 0.29) is 18.0 Å². The molecule has 2 rings (SSSR count). The van der Waals surface area contributed by atoms with Crippen molar-refractivity contribution in [2.24, 2.45) is 0 Å². The molecule has 0 aliphatic heterocycles. The molecule has 1 aromatic carbocycles. The fraction of sp³-hybridized carbons (Fsp3) is 0.182. The van der Waals surface area contributed by atoms with E-state index in [0.29, 0.717) is 6.54 Å². The van der Waals surface area contributed by atoms with Crippen LogP contribution in [0.4, 0.5) is 0 Å². The van der Waals surface area contributed by atoms with Crippen molar-refractivity contribution < 1.29 is 4.74 Å². The highest BCUT2D eigenvalue weighted by Crippen LogP contribution is 2.12. The van der Waals surface area contributed by atoms with Crippen LogP contribution in [0.5, 0.6) is 5.75 Å². The quantitative estimate of drug-likeness (QED) is 0.846. The van der Waals surface area contributed by atoms with Gasteiger partial charge in [-0.25, -0.2) is 0 Å². The lowest BCUT2D eigenvalue weighted by molar-refractivity contribution is 0.414. The van der Waals surface area contributed by atoms with Gasteiger partial charge in [0.05, 0.1) is 13.7 Å². The molecule has 0 aliphatic carbocycles. The van der Waals surface area contributed by atoms with Crippen LogP contribution in [0.2, 0.25) is 0 Å². The van der Waals surface area contributed by atoms with E-state index in [2.05, 4.69) is 0 Å². The summed E-state index contributed by atoms with van der Waals surface area (Å²) >= 11 is 1.43. The van der Waals surface area contributed by atoms with E-state index < -0.39 is 0 Å². The fourth-order valence-corrected chi connectivity index (χ4v) is 2.02. The SMILES string of the molecule is COc1ccc(Cn2sccc2=O)cc1.Cl. The van der Waals surface area contributed by atoms with Gasteiger partial charge in [-0.2, -0.15) is 0 Å². The van der Waals surface area contributed by atoms with Crippen molar-refractivity contribution in [3.05, 3.63) is 51.6 Å². The van der Waals surface area contributed by atoms with Crippen LogP contribution >= 0.6 is 23.9 Å². The molecule has 1 heterocycles. The molecule has 0 saturated heterocycles. The van der Waals surface area contributed by atoms with Gasteiger partial charge in [0.25, 0.3) is 5.56 Å². The predicted molar refractivity (Wildman–Crippen MR) is 67.9 cm³/mol. The second kappa shape index (κ2) is 5.72. The van der Waals surface area contributed by atoms with Crippen LogP contribution in [0, 0.1) is 0 Å². The molecule has 0 radical (unpaired) electrons. The van der Waals surface area contributed by atoms with Crippen molar-refractivity contribution in [2.75, 3.05) is 7.11 Å². The van der Waals surface area contributed by atoms with E-state index in [1.807, 2.05) is 24.3 Å². The maximum atomic E-state index is 11.3. The number of rotatable bonds is 3. The standard InChI is InChI=1S/C11H11NO2S.ClH/c1-14-10-4-2-9(3-5-10)8-12-11(13)6-7-15-12;/h2-7H,8H2,1H3;1H. The lowest BCUT2D eigenvalue weighted by Crippen LogP contribution is -2.12. The van der Waals surface area contributed by atoms with E-state index in [0.717, 1.165) is 11.3 Å². The summed E-state index contributed by atoms with van der Waals surface area (Å²) < 4.78 is 6.77. The van der Waals surface area contributed by atoms with Gasteiger partial charge in [-0.1, -0.05) is 23.7 Å². The minimum atomic E-state index is 0. The molecule has 0 amide bonds. The van der Waals surface area contributed by atoms with E-state index in [1.165, 1.54) is 11.5 Å². The molecular weight excluding hydrogens is 246 g/mol. The number of halogens is 1. The first-order valence-corrected chi connectivity index (χ1v) is 5.41. The van der Waals surface area contributed by atoms with Crippen LogP contribution in [0.3, 0.4) is 0 Å². The van der Waals surface area contributed by atoms with Gasteiger partial charge in [-0.05, 0) is 17.7 Å². The Morgan fingerprint density at radius 2 is 1.94 bits per heavy atom. The number of nitrogens with zero attached hydrogens (tertiary/aromatic N) is 1. The Bertz CT molecular complexity index is 489. The van der Waals surface area contributed by atoms with Crippen LogP contribution < -0.4 is 10.3 Å². The van der Waals surface area contributed by atoms with Gasteiger partial charge in [0.2, 0.25) is 0 Å². The van der Waals surface area contributed by atoms with Crippen LogP contribution in [-0.4, -0.2) is 11.1 Å². The van der Waals surface area contributed by atoms with Gasteiger partial charge in [-0.15, -0.1) is 12.4 Å². The lowest BCUT2D eigenvalue weighted by Gasteiger charge is -2.03. The molecule has 0 fully saturated rings. The molecule has 3 nitrogen and oxygen atoms in total. The fourth-order valence-electron chi connectivity index (χ4n) is 1.31.